The van der Waals surface area contributed by atoms with E-state index in [4.69, 9.17) is 4.74 Å². The predicted octanol–water partition coefficient (Wildman–Crippen LogP) is 2.43. The molecule has 0 radical (unpaired) electrons. The normalized spacial score (nSPS) is 10.3. The minimum Gasteiger partial charge on any atom is -0.494 e. The number of hydrogen-bond acceptors (Lipinski definition) is 3. The van der Waals surface area contributed by atoms with Gasteiger partial charge in [-0.3, -0.25) is 9.89 Å². The van der Waals surface area contributed by atoms with Crippen molar-refractivity contribution in [2.45, 2.75) is 13.8 Å². The molecule has 2 N–H and O–H groups in total. The van der Waals surface area contributed by atoms with Crippen molar-refractivity contribution in [2.75, 3.05) is 12.4 Å². The van der Waals surface area contributed by atoms with E-state index in [0.717, 1.165) is 0 Å². The Kier molecular flexibility index (Phi) is 3.50. The van der Waals surface area contributed by atoms with Crippen LogP contribution in [0, 0.1) is 19.7 Å². The quantitative estimate of drug-likeness (QED) is 0.893. The average molecular weight is 263 g/mol. The fraction of sp³-hybridized carbons (Fsp3) is 0.231. The highest BCUT2D eigenvalue weighted by atomic mass is 19.1. The van der Waals surface area contributed by atoms with Gasteiger partial charge in [0.05, 0.1) is 24.1 Å². The Morgan fingerprint density at radius 1 is 1.42 bits per heavy atom. The molecule has 1 aromatic heterocycles. The molecule has 1 heterocycles. The number of anilines is 1. The summed E-state index contributed by atoms with van der Waals surface area (Å²) in [6.07, 6.45) is 0. The van der Waals surface area contributed by atoms with Crippen LogP contribution in [0.5, 0.6) is 5.75 Å². The van der Waals surface area contributed by atoms with Gasteiger partial charge in [-0.1, -0.05) is 0 Å². The number of H-pyrrole nitrogens is 1. The van der Waals surface area contributed by atoms with Crippen LogP contribution in [0.3, 0.4) is 0 Å². The number of carbonyl (C=O) groups excluding carboxylic acids is 1. The van der Waals surface area contributed by atoms with Gasteiger partial charge in [0.2, 0.25) is 0 Å². The average Bonchev–Trinajstić information content (AvgIpc) is 2.71. The van der Waals surface area contributed by atoms with Gasteiger partial charge < -0.3 is 10.1 Å². The van der Waals surface area contributed by atoms with E-state index in [1.54, 1.807) is 13.8 Å². The number of aromatic nitrogens is 2. The summed E-state index contributed by atoms with van der Waals surface area (Å²) in [5.74, 6) is -0.466. The van der Waals surface area contributed by atoms with Crippen molar-refractivity contribution < 1.29 is 13.9 Å². The maximum Gasteiger partial charge on any atom is 0.259 e. The van der Waals surface area contributed by atoms with Crippen molar-refractivity contribution in [3.05, 3.63) is 41.0 Å². The Labute approximate surface area is 109 Å². The van der Waals surface area contributed by atoms with Crippen LogP contribution in [-0.2, 0) is 0 Å². The highest BCUT2D eigenvalue weighted by Crippen LogP contribution is 2.26. The van der Waals surface area contributed by atoms with Crippen molar-refractivity contribution in [1.29, 1.82) is 0 Å². The maximum absolute atomic E-state index is 13.1. The smallest absolute Gasteiger partial charge is 0.259 e. The Hall–Kier alpha value is -2.37. The number of halogens is 1. The summed E-state index contributed by atoms with van der Waals surface area (Å²) < 4.78 is 18.1. The van der Waals surface area contributed by atoms with Crippen LogP contribution >= 0.6 is 0 Å². The van der Waals surface area contributed by atoms with E-state index < -0.39 is 5.82 Å². The van der Waals surface area contributed by atoms with E-state index in [2.05, 4.69) is 15.5 Å². The molecule has 2 aromatic rings. The van der Waals surface area contributed by atoms with Crippen LogP contribution in [0.2, 0.25) is 0 Å². The van der Waals surface area contributed by atoms with Gasteiger partial charge in [0.1, 0.15) is 11.6 Å². The Morgan fingerprint density at radius 2 is 2.16 bits per heavy atom. The number of amides is 1. The number of nitrogens with one attached hydrogen (secondary N) is 2. The first-order chi connectivity index (χ1) is 9.02. The SMILES string of the molecule is COc1cc(F)ccc1NC(=O)c1c(C)n[nH]c1C. The van der Waals surface area contributed by atoms with Gasteiger partial charge in [0, 0.05) is 11.8 Å². The second-order valence-corrected chi connectivity index (χ2v) is 4.11. The van der Waals surface area contributed by atoms with Crippen LogP contribution < -0.4 is 10.1 Å². The maximum atomic E-state index is 13.1. The van der Waals surface area contributed by atoms with E-state index in [0.29, 0.717) is 22.6 Å². The standard InChI is InChI=1S/C13H14FN3O2/c1-7-12(8(2)17-16-7)13(18)15-10-5-4-9(14)6-11(10)19-3/h4-6H,1-3H3,(H,15,18)(H,16,17). The molecule has 0 fully saturated rings. The molecule has 19 heavy (non-hydrogen) atoms. The fourth-order valence-corrected chi connectivity index (χ4v) is 1.84. The molecule has 0 aliphatic carbocycles. The number of ether oxygens (including phenoxy) is 1. The molecule has 0 aliphatic heterocycles. The van der Waals surface area contributed by atoms with Crippen LogP contribution in [0.15, 0.2) is 18.2 Å². The first-order valence-electron chi connectivity index (χ1n) is 5.69. The Bertz CT molecular complexity index is 603. The molecule has 0 bridgehead atoms. The first kappa shape index (κ1) is 13.1. The molecule has 1 aromatic carbocycles. The number of carbonyl (C=O) groups is 1. The molecule has 0 spiro atoms. The zero-order chi connectivity index (χ0) is 14.0. The van der Waals surface area contributed by atoms with Crippen LogP contribution in [-0.4, -0.2) is 23.2 Å². The lowest BCUT2D eigenvalue weighted by Crippen LogP contribution is -2.14. The summed E-state index contributed by atoms with van der Waals surface area (Å²) in [7, 11) is 1.42. The molecule has 1 amide bonds. The van der Waals surface area contributed by atoms with E-state index in [1.807, 2.05) is 0 Å². The third-order valence-corrected chi connectivity index (χ3v) is 2.77. The van der Waals surface area contributed by atoms with Crippen molar-refractivity contribution in [3.8, 4) is 5.75 Å². The van der Waals surface area contributed by atoms with E-state index >= 15 is 0 Å². The van der Waals surface area contributed by atoms with Crippen LogP contribution in [0.4, 0.5) is 10.1 Å². The van der Waals surface area contributed by atoms with E-state index in [-0.39, 0.29) is 11.7 Å². The number of rotatable bonds is 3. The zero-order valence-electron chi connectivity index (χ0n) is 10.9. The van der Waals surface area contributed by atoms with Crippen LogP contribution in [0.1, 0.15) is 21.7 Å². The molecule has 5 nitrogen and oxygen atoms in total. The third kappa shape index (κ3) is 2.57. The number of aryl methyl sites for hydroxylation is 2. The number of benzene rings is 1. The number of methoxy groups -OCH3 is 1. The molecule has 6 heteroatoms. The number of aromatic amines is 1. The van der Waals surface area contributed by atoms with Gasteiger partial charge in [-0.05, 0) is 26.0 Å². The van der Waals surface area contributed by atoms with Crippen molar-refractivity contribution in [1.82, 2.24) is 10.2 Å². The van der Waals surface area contributed by atoms with E-state index in [9.17, 15) is 9.18 Å². The molecular formula is C13H14FN3O2. The molecule has 0 aliphatic rings. The van der Waals surface area contributed by atoms with Crippen molar-refractivity contribution in [2.24, 2.45) is 0 Å². The lowest BCUT2D eigenvalue weighted by molar-refractivity contribution is 0.102. The molecular weight excluding hydrogens is 249 g/mol. The van der Waals surface area contributed by atoms with Crippen molar-refractivity contribution >= 4 is 11.6 Å². The minimum atomic E-state index is -0.425. The highest BCUT2D eigenvalue weighted by Gasteiger charge is 2.17. The van der Waals surface area contributed by atoms with Gasteiger partial charge in [-0.15, -0.1) is 0 Å². The molecule has 0 saturated carbocycles. The second-order valence-electron chi connectivity index (χ2n) is 4.11. The molecule has 100 valence electrons. The van der Waals surface area contributed by atoms with Gasteiger partial charge in [0.25, 0.3) is 5.91 Å². The number of nitrogens with zero attached hydrogens (tertiary/aromatic N) is 1. The third-order valence-electron chi connectivity index (χ3n) is 2.77. The van der Waals surface area contributed by atoms with Crippen LogP contribution in [0.25, 0.3) is 0 Å². The van der Waals surface area contributed by atoms with Gasteiger partial charge >= 0.3 is 0 Å². The lowest BCUT2D eigenvalue weighted by Gasteiger charge is -2.10. The van der Waals surface area contributed by atoms with Gasteiger partial charge in [-0.25, -0.2) is 4.39 Å². The lowest BCUT2D eigenvalue weighted by atomic mass is 10.2. The van der Waals surface area contributed by atoms with Crippen molar-refractivity contribution in [3.63, 3.8) is 0 Å². The predicted molar refractivity (Wildman–Crippen MR) is 69.0 cm³/mol. The largest absolute Gasteiger partial charge is 0.494 e. The van der Waals surface area contributed by atoms with Gasteiger partial charge in [-0.2, -0.15) is 5.10 Å². The Morgan fingerprint density at radius 3 is 2.74 bits per heavy atom. The number of hydrogen-bond donors (Lipinski definition) is 2. The summed E-state index contributed by atoms with van der Waals surface area (Å²) in [4.78, 5) is 12.1. The van der Waals surface area contributed by atoms with E-state index in [1.165, 1.54) is 25.3 Å². The molecule has 0 saturated heterocycles. The zero-order valence-corrected chi connectivity index (χ0v) is 10.9. The fourth-order valence-electron chi connectivity index (χ4n) is 1.84. The molecule has 2 rings (SSSR count). The second kappa shape index (κ2) is 5.09. The minimum absolute atomic E-state index is 0.271. The highest BCUT2D eigenvalue weighted by molar-refractivity contribution is 6.06. The summed E-state index contributed by atoms with van der Waals surface area (Å²) in [6, 6.07) is 3.93. The molecule has 0 atom stereocenters. The topological polar surface area (TPSA) is 67.0 Å². The Balaban J connectivity index is 2.29. The first-order valence-corrected chi connectivity index (χ1v) is 5.69. The summed E-state index contributed by atoms with van der Waals surface area (Å²) in [5.41, 5.74) is 2.17. The monoisotopic (exact) mass is 263 g/mol. The van der Waals surface area contributed by atoms with Gasteiger partial charge in [0.15, 0.2) is 0 Å². The summed E-state index contributed by atoms with van der Waals surface area (Å²) >= 11 is 0. The molecule has 0 unspecified atom stereocenters. The summed E-state index contributed by atoms with van der Waals surface area (Å²) in [6.45, 7) is 3.50. The summed E-state index contributed by atoms with van der Waals surface area (Å²) in [5, 5.41) is 9.38.